The molecule has 1 aliphatic rings. The lowest BCUT2D eigenvalue weighted by Gasteiger charge is -2.26. The van der Waals surface area contributed by atoms with Gasteiger partial charge in [-0.1, -0.05) is 0 Å². The number of nitrogens with zero attached hydrogens (tertiary/aromatic N) is 1. The molecule has 1 aliphatic heterocycles. The van der Waals surface area contributed by atoms with Crippen molar-refractivity contribution in [3.8, 4) is 0 Å². The van der Waals surface area contributed by atoms with Crippen LogP contribution in [0.5, 0.6) is 0 Å². The van der Waals surface area contributed by atoms with Crippen molar-refractivity contribution >= 4 is 29.4 Å². The third-order valence-corrected chi connectivity index (χ3v) is 3.43. The maximum atomic E-state index is 11.8. The average Bonchev–Trinajstić information content (AvgIpc) is 2.27. The molecule has 19 heavy (non-hydrogen) atoms. The van der Waals surface area contributed by atoms with Crippen molar-refractivity contribution in [2.45, 2.75) is 39.2 Å². The average molecular weight is 287 g/mol. The first-order valence-corrected chi connectivity index (χ1v) is 7.52. The number of amides is 1. The second kappa shape index (κ2) is 6.93. The van der Waals surface area contributed by atoms with Crippen molar-refractivity contribution in [3.05, 3.63) is 0 Å². The molecule has 0 atom stereocenters. The van der Waals surface area contributed by atoms with Gasteiger partial charge in [-0.15, -0.1) is 11.8 Å². The molecule has 1 heterocycles. The number of likely N-dealkylation sites (tertiary alicyclic amines) is 1. The van der Waals surface area contributed by atoms with Crippen molar-refractivity contribution in [2.75, 3.05) is 24.6 Å². The summed E-state index contributed by atoms with van der Waals surface area (Å²) in [5.74, 6) is 0.328. The van der Waals surface area contributed by atoms with Crippen LogP contribution in [-0.4, -0.2) is 52.8 Å². The van der Waals surface area contributed by atoms with E-state index in [1.54, 1.807) is 4.90 Å². The molecule has 1 fully saturated rings. The summed E-state index contributed by atoms with van der Waals surface area (Å²) in [6.45, 7) is 6.44. The number of hydrogen-bond acceptors (Lipinski definition) is 5. The number of carbonyl (C=O) groups excluding carboxylic acids is 3. The fraction of sp³-hybridized carbons (Fsp3) is 0.769. The minimum atomic E-state index is -0.491. The number of ether oxygens (including phenoxy) is 1. The second-order valence-corrected chi connectivity index (χ2v) is 6.48. The Labute approximate surface area is 118 Å². The third kappa shape index (κ3) is 6.61. The lowest BCUT2D eigenvalue weighted by atomic mass is 10.1. The van der Waals surface area contributed by atoms with Crippen molar-refractivity contribution in [1.29, 1.82) is 0 Å². The van der Waals surface area contributed by atoms with Gasteiger partial charge < -0.3 is 9.64 Å². The van der Waals surface area contributed by atoms with Gasteiger partial charge in [-0.3, -0.25) is 14.4 Å². The number of hydrogen-bond donors (Lipinski definition) is 0. The smallest absolute Gasteiger partial charge is 0.316 e. The summed E-state index contributed by atoms with van der Waals surface area (Å²) in [4.78, 5) is 36.0. The van der Waals surface area contributed by atoms with Crippen LogP contribution in [-0.2, 0) is 19.1 Å². The molecule has 0 bridgehead atoms. The Morgan fingerprint density at radius 1 is 1.21 bits per heavy atom. The lowest BCUT2D eigenvalue weighted by molar-refractivity contribution is -0.151. The molecule has 0 aliphatic carbocycles. The van der Waals surface area contributed by atoms with Gasteiger partial charge in [0.1, 0.15) is 11.4 Å². The van der Waals surface area contributed by atoms with Crippen molar-refractivity contribution in [2.24, 2.45) is 0 Å². The quantitative estimate of drug-likeness (QED) is 0.728. The highest BCUT2D eigenvalue weighted by molar-refractivity contribution is 8.00. The maximum Gasteiger partial charge on any atom is 0.316 e. The Kier molecular flexibility index (Phi) is 5.85. The Morgan fingerprint density at radius 2 is 1.79 bits per heavy atom. The molecule has 108 valence electrons. The highest BCUT2D eigenvalue weighted by Gasteiger charge is 2.21. The second-order valence-electron chi connectivity index (χ2n) is 5.50. The SMILES string of the molecule is CC(C)(C)OC(=O)CSCC(=O)N1CCC(=O)CC1. The first-order valence-electron chi connectivity index (χ1n) is 6.37. The normalized spacial score (nSPS) is 16.4. The first kappa shape index (κ1) is 16.0. The van der Waals surface area contributed by atoms with E-state index in [0.29, 0.717) is 25.9 Å². The van der Waals surface area contributed by atoms with E-state index in [1.165, 1.54) is 11.8 Å². The predicted molar refractivity (Wildman–Crippen MR) is 74.0 cm³/mol. The molecule has 0 aromatic rings. The number of esters is 1. The minimum Gasteiger partial charge on any atom is -0.459 e. The highest BCUT2D eigenvalue weighted by atomic mass is 32.2. The van der Waals surface area contributed by atoms with E-state index in [-0.39, 0.29) is 29.2 Å². The van der Waals surface area contributed by atoms with Crippen molar-refractivity contribution in [1.82, 2.24) is 4.90 Å². The van der Waals surface area contributed by atoms with Crippen LogP contribution < -0.4 is 0 Å². The number of thioether (sulfide) groups is 1. The van der Waals surface area contributed by atoms with E-state index in [0.717, 1.165) is 0 Å². The zero-order valence-electron chi connectivity index (χ0n) is 11.7. The van der Waals surface area contributed by atoms with E-state index in [1.807, 2.05) is 20.8 Å². The molecule has 1 amide bonds. The highest BCUT2D eigenvalue weighted by Crippen LogP contribution is 2.12. The molecule has 0 aromatic carbocycles. The summed E-state index contributed by atoms with van der Waals surface area (Å²) >= 11 is 1.25. The van der Waals surface area contributed by atoms with Gasteiger partial charge >= 0.3 is 5.97 Å². The lowest BCUT2D eigenvalue weighted by Crippen LogP contribution is -2.39. The van der Waals surface area contributed by atoms with Crippen LogP contribution in [0.3, 0.4) is 0 Å². The van der Waals surface area contributed by atoms with Crippen LogP contribution in [0.4, 0.5) is 0 Å². The van der Waals surface area contributed by atoms with Crippen LogP contribution >= 0.6 is 11.8 Å². The Balaban J connectivity index is 2.20. The van der Waals surface area contributed by atoms with E-state index in [4.69, 9.17) is 4.74 Å². The predicted octanol–water partition coefficient (Wildman–Crippen LogP) is 1.25. The molecule has 1 saturated heterocycles. The van der Waals surface area contributed by atoms with Crippen LogP contribution in [0.25, 0.3) is 0 Å². The number of ketones is 1. The Hall–Kier alpha value is -1.04. The largest absolute Gasteiger partial charge is 0.459 e. The van der Waals surface area contributed by atoms with Crippen molar-refractivity contribution < 1.29 is 19.1 Å². The van der Waals surface area contributed by atoms with Gasteiger partial charge in [-0.05, 0) is 20.8 Å². The van der Waals surface area contributed by atoms with Gasteiger partial charge in [0, 0.05) is 25.9 Å². The van der Waals surface area contributed by atoms with Crippen LogP contribution in [0.15, 0.2) is 0 Å². The van der Waals surface area contributed by atoms with Crippen LogP contribution in [0.1, 0.15) is 33.6 Å². The molecule has 6 heteroatoms. The zero-order valence-corrected chi connectivity index (χ0v) is 12.5. The molecule has 0 spiro atoms. The number of carbonyl (C=O) groups is 3. The Morgan fingerprint density at radius 3 is 2.32 bits per heavy atom. The van der Waals surface area contributed by atoms with Gasteiger partial charge in [-0.25, -0.2) is 0 Å². The summed E-state index contributed by atoms with van der Waals surface area (Å²) < 4.78 is 5.15. The summed E-state index contributed by atoms with van der Waals surface area (Å²) in [6.07, 6.45) is 0.894. The molecular formula is C13H21NO4S. The van der Waals surface area contributed by atoms with E-state index in [9.17, 15) is 14.4 Å². The number of Topliss-reactive ketones (excluding diaryl/α,β-unsaturated/α-hetero) is 1. The molecule has 0 N–H and O–H groups in total. The topological polar surface area (TPSA) is 63.7 Å². The molecule has 0 radical (unpaired) electrons. The number of rotatable bonds is 4. The van der Waals surface area contributed by atoms with Crippen LogP contribution in [0.2, 0.25) is 0 Å². The molecular weight excluding hydrogens is 266 g/mol. The maximum absolute atomic E-state index is 11.8. The van der Waals surface area contributed by atoms with Gasteiger partial charge in [0.15, 0.2) is 0 Å². The standard InChI is InChI=1S/C13H21NO4S/c1-13(2,3)18-12(17)9-19-8-11(16)14-6-4-10(15)5-7-14/h4-9H2,1-3H3. The van der Waals surface area contributed by atoms with Gasteiger partial charge in [0.2, 0.25) is 5.91 Å². The molecule has 1 rings (SSSR count). The fourth-order valence-electron chi connectivity index (χ4n) is 1.69. The van der Waals surface area contributed by atoms with E-state index < -0.39 is 5.60 Å². The molecule has 0 aromatic heterocycles. The van der Waals surface area contributed by atoms with Gasteiger partial charge in [0.05, 0.1) is 11.5 Å². The molecule has 0 unspecified atom stereocenters. The summed E-state index contributed by atoms with van der Waals surface area (Å²) in [7, 11) is 0. The van der Waals surface area contributed by atoms with E-state index >= 15 is 0 Å². The third-order valence-electron chi connectivity index (χ3n) is 2.54. The first-order chi connectivity index (χ1) is 8.78. The summed E-state index contributed by atoms with van der Waals surface area (Å²) in [5, 5.41) is 0. The monoisotopic (exact) mass is 287 g/mol. The Bertz CT molecular complexity index is 352. The molecule has 0 saturated carbocycles. The summed E-state index contributed by atoms with van der Waals surface area (Å²) in [5.41, 5.74) is -0.491. The van der Waals surface area contributed by atoms with Crippen LogP contribution in [0, 0.1) is 0 Å². The summed E-state index contributed by atoms with van der Waals surface area (Å²) in [6, 6.07) is 0. The van der Waals surface area contributed by atoms with Gasteiger partial charge in [0.25, 0.3) is 0 Å². The number of piperidine rings is 1. The minimum absolute atomic E-state index is 0.0129. The van der Waals surface area contributed by atoms with E-state index in [2.05, 4.69) is 0 Å². The van der Waals surface area contributed by atoms with Gasteiger partial charge in [-0.2, -0.15) is 0 Å². The van der Waals surface area contributed by atoms with Crippen molar-refractivity contribution in [3.63, 3.8) is 0 Å². The zero-order chi connectivity index (χ0) is 14.5. The molecule has 5 nitrogen and oxygen atoms in total. The fourth-order valence-corrected chi connectivity index (χ4v) is 2.37.